The van der Waals surface area contributed by atoms with Crippen molar-refractivity contribution in [3.8, 4) is 0 Å². The summed E-state index contributed by atoms with van der Waals surface area (Å²) in [5.74, 6) is 2.28. The molecule has 5 aliphatic carbocycles. The molecular formula is C47H61NO3. The first-order chi connectivity index (χ1) is 24.5. The van der Waals surface area contributed by atoms with E-state index in [0.717, 1.165) is 30.5 Å². The molecule has 2 aromatic carbocycles. The van der Waals surface area contributed by atoms with Gasteiger partial charge in [0.25, 0.3) is 0 Å². The van der Waals surface area contributed by atoms with E-state index in [1.165, 1.54) is 71.9 Å². The minimum absolute atomic E-state index is 0.250. The van der Waals surface area contributed by atoms with Gasteiger partial charge in [0.2, 0.25) is 0 Å². The lowest BCUT2D eigenvalue weighted by atomic mass is 9.61. The maximum absolute atomic E-state index is 10.2. The van der Waals surface area contributed by atoms with Crippen LogP contribution in [0, 0.1) is 29.1 Å². The van der Waals surface area contributed by atoms with Crippen LogP contribution >= 0.6 is 0 Å². The summed E-state index contributed by atoms with van der Waals surface area (Å²) < 4.78 is 0. The van der Waals surface area contributed by atoms with E-state index in [1.54, 1.807) is 0 Å². The van der Waals surface area contributed by atoms with Crippen molar-refractivity contribution >= 4 is 17.7 Å². The molecule has 0 unspecified atom stereocenters. The fourth-order valence-electron chi connectivity index (χ4n) is 9.41. The number of hydrogen-bond acceptors (Lipinski definition) is 4. The minimum Gasteiger partial charge on any atom is -0.393 e. The molecule has 7 rings (SSSR count). The molecule has 51 heavy (non-hydrogen) atoms. The Balaban J connectivity index is 0.000000187. The standard InChI is InChI=1S/C27H40O3.C20H21N/c1-17(6-13-25(29)20-8-9-20)23-11-12-24-19(5-4-14-27(23,24)3)7-10-21-15-22(28)16-26(30)18(21)2;1-21(2)15-7-12-20-18-10-5-3-8-16(18)13-14-17-9-4-6-11-19(17)20/h6-7,10,13,17,20,22-26,28-30H,2,4-5,8-9,11-12,14-16H2,1,3H3;3-6,8-14H,7,15H2,1-2H3/b13-6+,19-7-,21-10-;/t17-,22+,23-,24-,25-,26-,27+;/m1./s1. The van der Waals surface area contributed by atoms with Gasteiger partial charge in [0.05, 0.1) is 18.3 Å². The van der Waals surface area contributed by atoms with Gasteiger partial charge in [0.15, 0.2) is 0 Å². The average Bonchev–Trinajstić information content (AvgIpc) is 3.92. The predicted molar refractivity (Wildman–Crippen MR) is 214 cm³/mol. The van der Waals surface area contributed by atoms with Crippen LogP contribution in [0.1, 0.15) is 100 Å². The smallest absolute Gasteiger partial charge is 0.0811 e. The first kappa shape index (κ1) is 37.5. The summed E-state index contributed by atoms with van der Waals surface area (Å²) in [5, 5.41) is 30.4. The first-order valence-corrected chi connectivity index (χ1v) is 19.6. The molecule has 4 nitrogen and oxygen atoms in total. The van der Waals surface area contributed by atoms with Crippen LogP contribution in [0.25, 0.3) is 17.7 Å². The van der Waals surface area contributed by atoms with Crippen LogP contribution in [-0.2, 0) is 0 Å². The lowest BCUT2D eigenvalue weighted by Crippen LogP contribution is -2.35. The summed E-state index contributed by atoms with van der Waals surface area (Å²) in [4.78, 5) is 2.23. The van der Waals surface area contributed by atoms with Gasteiger partial charge >= 0.3 is 0 Å². The number of benzene rings is 2. The molecule has 0 amide bonds. The zero-order valence-electron chi connectivity index (χ0n) is 31.5. The van der Waals surface area contributed by atoms with E-state index < -0.39 is 12.2 Å². The maximum Gasteiger partial charge on any atom is 0.0811 e. The van der Waals surface area contributed by atoms with E-state index in [9.17, 15) is 15.3 Å². The van der Waals surface area contributed by atoms with Gasteiger partial charge < -0.3 is 20.2 Å². The van der Waals surface area contributed by atoms with Crippen LogP contribution in [0.5, 0.6) is 0 Å². The van der Waals surface area contributed by atoms with E-state index >= 15 is 0 Å². The third-order valence-electron chi connectivity index (χ3n) is 12.5. The van der Waals surface area contributed by atoms with E-state index in [4.69, 9.17) is 0 Å². The van der Waals surface area contributed by atoms with Gasteiger partial charge in [-0.1, -0.05) is 117 Å². The van der Waals surface area contributed by atoms with E-state index in [2.05, 4.69) is 130 Å². The molecule has 5 aliphatic rings. The van der Waals surface area contributed by atoms with Gasteiger partial charge in [-0.15, -0.1) is 0 Å². The van der Waals surface area contributed by atoms with Gasteiger partial charge in [0.1, 0.15) is 0 Å². The van der Waals surface area contributed by atoms with Gasteiger partial charge in [-0.2, -0.15) is 0 Å². The van der Waals surface area contributed by atoms with Crippen molar-refractivity contribution in [1.82, 2.24) is 4.90 Å². The molecule has 272 valence electrons. The van der Waals surface area contributed by atoms with Crippen LogP contribution in [-0.4, -0.2) is 59.2 Å². The molecule has 0 heterocycles. The van der Waals surface area contributed by atoms with Gasteiger partial charge in [0, 0.05) is 13.0 Å². The number of fused-ring (bicyclic) bond motifs is 3. The number of aliphatic hydroxyl groups is 3. The third kappa shape index (κ3) is 8.86. The Bertz CT molecular complexity index is 1640. The summed E-state index contributed by atoms with van der Waals surface area (Å²) in [6.07, 6.45) is 24.8. The van der Waals surface area contributed by atoms with Crippen LogP contribution < -0.4 is 0 Å². The zero-order chi connectivity index (χ0) is 36.1. The molecule has 3 N–H and O–H groups in total. The SMILES string of the molecule is C=C1/C(=C\C=C2\CCC[C@]3(C)[C@@H]2CC[C@@H]3[C@H](C)/C=C/[C@@H](O)C2CC2)C[C@H](O)C[C@H]1O.CN(C)CCC=C1c2ccccc2C=Cc2ccccc21. The van der Waals surface area contributed by atoms with Gasteiger partial charge in [-0.25, -0.2) is 0 Å². The molecule has 0 saturated heterocycles. The van der Waals surface area contributed by atoms with Crippen LogP contribution in [0.2, 0.25) is 0 Å². The Morgan fingerprint density at radius 1 is 0.922 bits per heavy atom. The highest BCUT2D eigenvalue weighted by Gasteiger charge is 2.50. The van der Waals surface area contributed by atoms with Crippen molar-refractivity contribution in [1.29, 1.82) is 0 Å². The fraction of sp³-hybridized carbons (Fsp3) is 0.489. The van der Waals surface area contributed by atoms with Crippen LogP contribution in [0.15, 0.2) is 102 Å². The predicted octanol–water partition coefficient (Wildman–Crippen LogP) is 9.64. The number of hydrogen-bond donors (Lipinski definition) is 3. The number of rotatable bonds is 8. The van der Waals surface area contributed by atoms with E-state index in [0.29, 0.717) is 41.9 Å². The maximum atomic E-state index is 10.2. The van der Waals surface area contributed by atoms with E-state index in [1.807, 2.05) is 0 Å². The largest absolute Gasteiger partial charge is 0.393 e. The number of aliphatic hydroxyl groups excluding tert-OH is 3. The molecule has 4 fully saturated rings. The topological polar surface area (TPSA) is 63.9 Å². The lowest BCUT2D eigenvalue weighted by Gasteiger charge is -2.44. The van der Waals surface area contributed by atoms with Crippen molar-refractivity contribution < 1.29 is 15.3 Å². The Labute approximate surface area is 307 Å². The molecule has 7 atom stereocenters. The van der Waals surface area contributed by atoms with Crippen molar-refractivity contribution in [2.45, 2.75) is 96.4 Å². The molecule has 0 radical (unpaired) electrons. The number of allylic oxidation sites excluding steroid dienone is 4. The molecule has 2 aromatic rings. The first-order valence-electron chi connectivity index (χ1n) is 19.6. The Kier molecular flexibility index (Phi) is 12.2. The Morgan fingerprint density at radius 3 is 2.24 bits per heavy atom. The normalized spacial score (nSPS) is 30.0. The minimum atomic E-state index is -0.621. The Hall–Kier alpha value is -3.28. The Morgan fingerprint density at radius 2 is 1.59 bits per heavy atom. The van der Waals surface area contributed by atoms with Crippen molar-refractivity contribution in [3.63, 3.8) is 0 Å². The van der Waals surface area contributed by atoms with Crippen LogP contribution in [0.4, 0.5) is 0 Å². The second-order valence-corrected chi connectivity index (χ2v) is 16.5. The lowest BCUT2D eigenvalue weighted by molar-refractivity contribution is 0.0862. The monoisotopic (exact) mass is 687 g/mol. The highest BCUT2D eigenvalue weighted by atomic mass is 16.3. The van der Waals surface area contributed by atoms with Gasteiger partial charge in [-0.3, -0.25) is 0 Å². The summed E-state index contributed by atoms with van der Waals surface area (Å²) >= 11 is 0. The molecule has 0 spiro atoms. The quantitative estimate of drug-likeness (QED) is 0.207. The summed E-state index contributed by atoms with van der Waals surface area (Å²) in [6, 6.07) is 17.3. The third-order valence-corrected chi connectivity index (χ3v) is 12.5. The molecule has 4 heteroatoms. The molecule has 0 bridgehead atoms. The highest BCUT2D eigenvalue weighted by molar-refractivity contribution is 5.93. The summed E-state index contributed by atoms with van der Waals surface area (Å²) in [6.45, 7) is 9.95. The number of nitrogens with zero attached hydrogens (tertiary/aromatic N) is 1. The van der Waals surface area contributed by atoms with Crippen molar-refractivity contribution in [2.75, 3.05) is 20.6 Å². The second kappa shape index (κ2) is 16.6. The summed E-state index contributed by atoms with van der Waals surface area (Å²) in [7, 11) is 4.24. The van der Waals surface area contributed by atoms with Crippen LogP contribution in [0.3, 0.4) is 0 Å². The molecule has 0 aromatic heterocycles. The zero-order valence-corrected chi connectivity index (χ0v) is 31.5. The average molecular weight is 688 g/mol. The second-order valence-electron chi connectivity index (χ2n) is 16.5. The van der Waals surface area contributed by atoms with Crippen molar-refractivity contribution in [2.24, 2.45) is 29.1 Å². The fourth-order valence-corrected chi connectivity index (χ4v) is 9.41. The van der Waals surface area contributed by atoms with Crippen molar-refractivity contribution in [3.05, 3.63) is 124 Å². The molecule has 0 aliphatic heterocycles. The summed E-state index contributed by atoms with van der Waals surface area (Å²) in [5.41, 5.74) is 10.2. The molecule has 4 saturated carbocycles. The highest BCUT2D eigenvalue weighted by Crippen LogP contribution is 2.59. The van der Waals surface area contributed by atoms with E-state index in [-0.39, 0.29) is 6.10 Å². The van der Waals surface area contributed by atoms with Gasteiger partial charge in [-0.05, 0) is 140 Å². The molecular weight excluding hydrogens is 627 g/mol.